The molecule has 0 bridgehead atoms. The van der Waals surface area contributed by atoms with E-state index in [1.165, 1.54) is 24.3 Å². The fourth-order valence-corrected chi connectivity index (χ4v) is 4.43. The van der Waals surface area contributed by atoms with E-state index in [9.17, 15) is 13.2 Å². The summed E-state index contributed by atoms with van der Waals surface area (Å²) in [7, 11) is -3.37. The third-order valence-corrected chi connectivity index (χ3v) is 6.79. The largest absolute Gasteiger partial charge is 0.455 e. The van der Waals surface area contributed by atoms with Gasteiger partial charge in [-0.05, 0) is 48.5 Å². The molecule has 0 unspecified atom stereocenters. The minimum atomic E-state index is -3.37. The van der Waals surface area contributed by atoms with Crippen LogP contribution in [0.5, 0.6) is 0 Å². The van der Waals surface area contributed by atoms with Gasteiger partial charge in [0.15, 0.2) is 9.84 Å². The lowest BCUT2D eigenvalue weighted by Crippen LogP contribution is -2.08. The molecule has 4 aromatic rings. The Kier molecular flexibility index (Phi) is 5.41. The Morgan fingerprint density at radius 1 is 0.833 bits per heavy atom. The van der Waals surface area contributed by atoms with Gasteiger partial charge in [-0.25, -0.2) is 8.42 Å². The van der Waals surface area contributed by atoms with Gasteiger partial charge in [0.2, 0.25) is 5.43 Å². The highest BCUT2D eigenvalue weighted by Gasteiger charge is 2.21. The summed E-state index contributed by atoms with van der Waals surface area (Å²) in [5.74, 6) is 0.249. The first kappa shape index (κ1) is 20.9. The molecule has 1 aromatic heterocycles. The van der Waals surface area contributed by atoms with Gasteiger partial charge in [-0.1, -0.05) is 46.9 Å². The van der Waals surface area contributed by atoms with E-state index in [0.717, 1.165) is 6.26 Å². The van der Waals surface area contributed by atoms with Crippen molar-refractivity contribution in [1.29, 1.82) is 0 Å². The predicted octanol–water partition coefficient (Wildman–Crippen LogP) is 6.49. The van der Waals surface area contributed by atoms with Gasteiger partial charge >= 0.3 is 0 Å². The monoisotopic (exact) mass is 478 g/mol. The summed E-state index contributed by atoms with van der Waals surface area (Å²) in [6.45, 7) is 0. The summed E-state index contributed by atoms with van der Waals surface area (Å²) < 4.78 is 29.7. The molecule has 0 spiro atoms. The van der Waals surface area contributed by atoms with Crippen molar-refractivity contribution in [2.24, 2.45) is 0 Å². The van der Waals surface area contributed by atoms with Crippen molar-refractivity contribution in [2.75, 3.05) is 6.26 Å². The van der Waals surface area contributed by atoms with E-state index in [2.05, 4.69) is 0 Å². The van der Waals surface area contributed by atoms with E-state index in [-0.39, 0.29) is 36.7 Å². The van der Waals surface area contributed by atoms with Crippen LogP contribution in [0, 0.1) is 0 Å². The lowest BCUT2D eigenvalue weighted by atomic mass is 9.98. The fraction of sp³-hybridized carbons (Fsp3) is 0.0455. The second kappa shape index (κ2) is 7.75. The first-order chi connectivity index (χ1) is 14.2. The van der Waals surface area contributed by atoms with E-state index >= 15 is 0 Å². The highest BCUT2D eigenvalue weighted by Crippen LogP contribution is 2.39. The molecule has 30 heavy (non-hydrogen) atoms. The number of rotatable bonds is 3. The number of fused-ring (bicyclic) bond motifs is 1. The Balaban J connectivity index is 2.08. The fourth-order valence-electron chi connectivity index (χ4n) is 3.16. The highest BCUT2D eigenvalue weighted by molar-refractivity contribution is 7.90. The number of benzene rings is 3. The van der Waals surface area contributed by atoms with E-state index in [4.69, 9.17) is 39.2 Å². The molecule has 0 aliphatic heterocycles. The summed E-state index contributed by atoms with van der Waals surface area (Å²) in [6.07, 6.45) is 1.12. The molecule has 0 saturated carbocycles. The predicted molar refractivity (Wildman–Crippen MR) is 121 cm³/mol. The molecule has 0 aliphatic rings. The molecule has 152 valence electrons. The zero-order chi connectivity index (χ0) is 21.6. The van der Waals surface area contributed by atoms with Crippen LogP contribution in [-0.4, -0.2) is 14.7 Å². The zero-order valence-corrected chi connectivity index (χ0v) is 18.5. The number of sulfone groups is 1. The van der Waals surface area contributed by atoms with Gasteiger partial charge in [-0.15, -0.1) is 0 Å². The van der Waals surface area contributed by atoms with Gasteiger partial charge in [0, 0.05) is 17.4 Å². The van der Waals surface area contributed by atoms with Crippen LogP contribution in [0.3, 0.4) is 0 Å². The molecule has 1 heterocycles. The molecule has 0 radical (unpaired) electrons. The maximum atomic E-state index is 13.4. The van der Waals surface area contributed by atoms with Gasteiger partial charge in [-0.2, -0.15) is 0 Å². The molecule has 0 aliphatic carbocycles. The lowest BCUT2D eigenvalue weighted by Gasteiger charge is -2.13. The molecule has 8 heteroatoms. The standard InChI is InChI=1S/C22H13Cl3O4S/c1-30(27,28)13-8-6-12(7-9-13)22-20(15-10-17(24)18(25)11-16(15)23)21(26)14-4-2-3-5-19(14)29-22/h2-11H,1H3. The van der Waals surface area contributed by atoms with Crippen molar-refractivity contribution < 1.29 is 12.8 Å². The van der Waals surface area contributed by atoms with Crippen LogP contribution in [-0.2, 0) is 9.84 Å². The van der Waals surface area contributed by atoms with Crippen LogP contribution in [0.2, 0.25) is 15.1 Å². The quantitative estimate of drug-likeness (QED) is 0.315. The highest BCUT2D eigenvalue weighted by atomic mass is 35.5. The van der Waals surface area contributed by atoms with Crippen LogP contribution >= 0.6 is 34.8 Å². The van der Waals surface area contributed by atoms with E-state index in [0.29, 0.717) is 22.1 Å². The maximum absolute atomic E-state index is 13.4. The topological polar surface area (TPSA) is 64.3 Å². The number of hydrogen-bond acceptors (Lipinski definition) is 4. The number of hydrogen-bond donors (Lipinski definition) is 0. The summed E-state index contributed by atoms with van der Waals surface area (Å²) in [5, 5.41) is 1.11. The minimum absolute atomic E-state index is 0.156. The zero-order valence-electron chi connectivity index (χ0n) is 15.4. The Bertz CT molecular complexity index is 1460. The maximum Gasteiger partial charge on any atom is 0.201 e. The van der Waals surface area contributed by atoms with Gasteiger partial charge < -0.3 is 4.42 Å². The van der Waals surface area contributed by atoms with Crippen molar-refractivity contribution in [2.45, 2.75) is 4.90 Å². The Hall–Kier alpha value is -2.31. The Morgan fingerprint density at radius 3 is 2.13 bits per heavy atom. The third kappa shape index (κ3) is 3.74. The van der Waals surface area contributed by atoms with Crippen molar-refractivity contribution in [3.63, 3.8) is 0 Å². The Morgan fingerprint density at radius 2 is 1.47 bits per heavy atom. The SMILES string of the molecule is CS(=O)(=O)c1ccc(-c2oc3ccccc3c(=O)c2-c2cc(Cl)c(Cl)cc2Cl)cc1. The summed E-state index contributed by atoms with van der Waals surface area (Å²) >= 11 is 18.6. The average molecular weight is 480 g/mol. The van der Waals surface area contributed by atoms with Gasteiger partial charge in [0.1, 0.15) is 11.3 Å². The Labute approximate surface area is 187 Å². The second-order valence-electron chi connectivity index (χ2n) is 6.67. The molecule has 0 fully saturated rings. The number of halogens is 3. The molecule has 0 N–H and O–H groups in total. The average Bonchev–Trinajstić information content (AvgIpc) is 2.70. The number of para-hydroxylation sites is 1. The molecular weight excluding hydrogens is 467 g/mol. The van der Waals surface area contributed by atoms with Crippen LogP contribution in [0.25, 0.3) is 33.4 Å². The van der Waals surface area contributed by atoms with Gasteiger partial charge in [-0.3, -0.25) is 4.79 Å². The molecule has 0 atom stereocenters. The normalized spacial score (nSPS) is 11.7. The van der Waals surface area contributed by atoms with E-state index in [1.807, 2.05) is 0 Å². The molecular formula is C22H13Cl3O4S. The molecule has 0 amide bonds. The minimum Gasteiger partial charge on any atom is -0.455 e. The molecule has 4 nitrogen and oxygen atoms in total. The van der Waals surface area contributed by atoms with Gasteiger partial charge in [0.25, 0.3) is 0 Å². The van der Waals surface area contributed by atoms with Crippen molar-refractivity contribution in [3.05, 3.63) is 86.0 Å². The van der Waals surface area contributed by atoms with E-state index < -0.39 is 9.84 Å². The molecule has 0 saturated heterocycles. The first-order valence-electron chi connectivity index (χ1n) is 8.68. The summed E-state index contributed by atoms with van der Waals surface area (Å²) in [5.41, 5.74) is 1.20. The molecule has 3 aromatic carbocycles. The van der Waals surface area contributed by atoms with Crippen molar-refractivity contribution in [3.8, 4) is 22.5 Å². The van der Waals surface area contributed by atoms with Crippen LogP contribution in [0.15, 0.2) is 74.8 Å². The van der Waals surface area contributed by atoms with E-state index in [1.54, 1.807) is 36.4 Å². The summed E-state index contributed by atoms with van der Waals surface area (Å²) in [6, 6.07) is 15.9. The van der Waals surface area contributed by atoms with Crippen LogP contribution < -0.4 is 5.43 Å². The second-order valence-corrected chi connectivity index (χ2v) is 9.91. The van der Waals surface area contributed by atoms with Crippen molar-refractivity contribution >= 4 is 55.6 Å². The first-order valence-corrected chi connectivity index (χ1v) is 11.7. The van der Waals surface area contributed by atoms with Gasteiger partial charge in [0.05, 0.1) is 30.9 Å². The lowest BCUT2D eigenvalue weighted by molar-refractivity contribution is 0.601. The van der Waals surface area contributed by atoms with Crippen LogP contribution in [0.4, 0.5) is 0 Å². The van der Waals surface area contributed by atoms with Crippen molar-refractivity contribution in [1.82, 2.24) is 0 Å². The summed E-state index contributed by atoms with van der Waals surface area (Å²) in [4.78, 5) is 13.6. The molecule has 4 rings (SSSR count). The van der Waals surface area contributed by atoms with Crippen LogP contribution in [0.1, 0.15) is 0 Å². The third-order valence-electron chi connectivity index (χ3n) is 4.62. The smallest absolute Gasteiger partial charge is 0.201 e.